The van der Waals surface area contributed by atoms with Crippen LogP contribution in [0.3, 0.4) is 0 Å². The maximum absolute atomic E-state index is 12.0. The van der Waals surface area contributed by atoms with Crippen molar-refractivity contribution in [2.24, 2.45) is 17.8 Å². The smallest absolute Gasteiger partial charge is 0.330 e. The van der Waals surface area contributed by atoms with Gasteiger partial charge in [0.1, 0.15) is 13.2 Å². The van der Waals surface area contributed by atoms with Crippen molar-refractivity contribution in [3.63, 3.8) is 0 Å². The number of carbonyl (C=O) groups is 3. The fraction of sp³-hybridized carbons (Fsp3) is 0.500. The van der Waals surface area contributed by atoms with Crippen LogP contribution in [0.2, 0.25) is 0 Å². The molecule has 20 heavy (non-hydrogen) atoms. The highest BCUT2D eigenvalue weighted by molar-refractivity contribution is 5.82. The van der Waals surface area contributed by atoms with E-state index in [1.165, 1.54) is 0 Å². The van der Waals surface area contributed by atoms with Crippen molar-refractivity contribution in [1.82, 2.24) is 0 Å². The Kier molecular flexibility index (Phi) is 5.96. The lowest BCUT2D eigenvalue weighted by molar-refractivity contribution is -0.161. The number of aliphatic carboxylic acids is 1. The van der Waals surface area contributed by atoms with Gasteiger partial charge in [-0.1, -0.05) is 25.7 Å². The Hall–Kier alpha value is -2.11. The Bertz CT molecular complexity index is 425. The van der Waals surface area contributed by atoms with Crippen LogP contribution in [0.15, 0.2) is 24.8 Å². The molecule has 0 aromatic heterocycles. The molecule has 1 rings (SSSR count). The first-order chi connectivity index (χ1) is 9.47. The Morgan fingerprint density at radius 1 is 1.35 bits per heavy atom. The SMILES string of the molecule is C=CC(=O)OCCOC(=O)C1C(C)C=CCC1C(=O)O. The number of esters is 2. The third kappa shape index (κ3) is 4.22. The van der Waals surface area contributed by atoms with Gasteiger partial charge in [0.05, 0.1) is 11.8 Å². The normalized spacial score (nSPS) is 24.8. The lowest BCUT2D eigenvalue weighted by atomic mass is 9.76. The summed E-state index contributed by atoms with van der Waals surface area (Å²) < 4.78 is 9.65. The van der Waals surface area contributed by atoms with Crippen LogP contribution < -0.4 is 0 Å². The zero-order valence-corrected chi connectivity index (χ0v) is 11.3. The molecule has 6 nitrogen and oxygen atoms in total. The molecule has 0 aromatic rings. The standard InChI is InChI=1S/C14H18O6/c1-3-11(15)19-7-8-20-14(18)12-9(2)5-4-6-10(12)13(16)17/h3-5,9-10,12H,1,6-8H2,2H3,(H,16,17). The molecular weight excluding hydrogens is 264 g/mol. The highest BCUT2D eigenvalue weighted by Crippen LogP contribution is 2.31. The number of carboxylic acids is 1. The molecule has 0 spiro atoms. The van der Waals surface area contributed by atoms with Gasteiger partial charge in [0, 0.05) is 6.08 Å². The topological polar surface area (TPSA) is 89.9 Å². The van der Waals surface area contributed by atoms with E-state index < -0.39 is 29.7 Å². The second kappa shape index (κ2) is 7.47. The van der Waals surface area contributed by atoms with E-state index >= 15 is 0 Å². The van der Waals surface area contributed by atoms with Crippen LogP contribution in [0.4, 0.5) is 0 Å². The van der Waals surface area contributed by atoms with Gasteiger partial charge in [0.15, 0.2) is 0 Å². The molecule has 0 radical (unpaired) electrons. The van der Waals surface area contributed by atoms with Crippen LogP contribution in [0.5, 0.6) is 0 Å². The number of carbonyl (C=O) groups excluding carboxylic acids is 2. The van der Waals surface area contributed by atoms with E-state index in [1.807, 2.05) is 6.08 Å². The Balaban J connectivity index is 2.51. The number of hydrogen-bond donors (Lipinski definition) is 1. The molecule has 6 heteroatoms. The number of rotatable bonds is 6. The van der Waals surface area contributed by atoms with Crippen LogP contribution in [0, 0.1) is 17.8 Å². The molecule has 1 aliphatic rings. The molecule has 1 aliphatic carbocycles. The molecule has 0 heterocycles. The molecule has 3 unspecified atom stereocenters. The van der Waals surface area contributed by atoms with Gasteiger partial charge >= 0.3 is 17.9 Å². The molecule has 0 aliphatic heterocycles. The third-order valence-electron chi connectivity index (χ3n) is 3.16. The zero-order chi connectivity index (χ0) is 15.1. The van der Waals surface area contributed by atoms with E-state index in [-0.39, 0.29) is 19.1 Å². The Morgan fingerprint density at radius 3 is 2.60 bits per heavy atom. The van der Waals surface area contributed by atoms with Crippen LogP contribution in [0.1, 0.15) is 13.3 Å². The summed E-state index contributed by atoms with van der Waals surface area (Å²) >= 11 is 0. The highest BCUT2D eigenvalue weighted by atomic mass is 16.6. The fourth-order valence-corrected chi connectivity index (χ4v) is 2.15. The predicted octanol–water partition coefficient (Wildman–Crippen LogP) is 1.17. The molecule has 0 fully saturated rings. The maximum Gasteiger partial charge on any atom is 0.330 e. The summed E-state index contributed by atoms with van der Waals surface area (Å²) in [5.41, 5.74) is 0. The number of carboxylic acid groups (broad SMARTS) is 1. The van der Waals surface area contributed by atoms with Gasteiger partial charge in [0.25, 0.3) is 0 Å². The van der Waals surface area contributed by atoms with Crippen molar-refractivity contribution in [1.29, 1.82) is 0 Å². The zero-order valence-electron chi connectivity index (χ0n) is 11.3. The van der Waals surface area contributed by atoms with E-state index in [4.69, 9.17) is 9.84 Å². The van der Waals surface area contributed by atoms with E-state index in [1.54, 1.807) is 13.0 Å². The van der Waals surface area contributed by atoms with E-state index in [0.717, 1.165) is 6.08 Å². The number of ether oxygens (including phenoxy) is 2. The van der Waals surface area contributed by atoms with Gasteiger partial charge in [-0.2, -0.15) is 0 Å². The van der Waals surface area contributed by atoms with Gasteiger partial charge in [-0.15, -0.1) is 0 Å². The molecule has 0 aromatic carbocycles. The lowest BCUT2D eigenvalue weighted by Crippen LogP contribution is -2.37. The summed E-state index contributed by atoms with van der Waals surface area (Å²) in [5.74, 6) is -3.89. The average molecular weight is 282 g/mol. The first-order valence-electron chi connectivity index (χ1n) is 6.32. The summed E-state index contributed by atoms with van der Waals surface area (Å²) in [6.45, 7) is 4.83. The van der Waals surface area contributed by atoms with E-state index in [0.29, 0.717) is 6.42 Å². The van der Waals surface area contributed by atoms with Gasteiger partial charge in [0.2, 0.25) is 0 Å². The van der Waals surface area contributed by atoms with Crippen molar-refractivity contribution in [3.05, 3.63) is 24.8 Å². The molecule has 0 saturated heterocycles. The largest absolute Gasteiger partial charge is 0.481 e. The van der Waals surface area contributed by atoms with Crippen LogP contribution >= 0.6 is 0 Å². The van der Waals surface area contributed by atoms with Crippen LogP contribution in [-0.4, -0.2) is 36.2 Å². The predicted molar refractivity (Wildman–Crippen MR) is 69.7 cm³/mol. The van der Waals surface area contributed by atoms with Crippen molar-refractivity contribution >= 4 is 17.9 Å². The summed E-state index contributed by atoms with van der Waals surface area (Å²) in [7, 11) is 0. The minimum Gasteiger partial charge on any atom is -0.481 e. The average Bonchev–Trinajstić information content (AvgIpc) is 2.42. The first-order valence-corrected chi connectivity index (χ1v) is 6.32. The summed E-state index contributed by atoms with van der Waals surface area (Å²) in [4.78, 5) is 33.9. The Morgan fingerprint density at radius 2 is 2.00 bits per heavy atom. The van der Waals surface area contributed by atoms with E-state index in [2.05, 4.69) is 11.3 Å². The quantitative estimate of drug-likeness (QED) is 0.340. The fourth-order valence-electron chi connectivity index (χ4n) is 2.15. The van der Waals surface area contributed by atoms with Gasteiger partial charge in [-0.05, 0) is 12.3 Å². The van der Waals surface area contributed by atoms with Gasteiger partial charge in [-0.3, -0.25) is 9.59 Å². The lowest BCUT2D eigenvalue weighted by Gasteiger charge is -2.28. The summed E-state index contributed by atoms with van der Waals surface area (Å²) in [6.07, 6.45) is 4.89. The molecule has 110 valence electrons. The number of hydrogen-bond acceptors (Lipinski definition) is 5. The minimum absolute atomic E-state index is 0.0781. The van der Waals surface area contributed by atoms with Gasteiger partial charge in [-0.25, -0.2) is 4.79 Å². The van der Waals surface area contributed by atoms with Crippen molar-refractivity contribution in [2.45, 2.75) is 13.3 Å². The van der Waals surface area contributed by atoms with Crippen LogP contribution in [-0.2, 0) is 23.9 Å². The molecular formula is C14H18O6. The van der Waals surface area contributed by atoms with E-state index in [9.17, 15) is 14.4 Å². The van der Waals surface area contributed by atoms with Crippen molar-refractivity contribution < 1.29 is 29.0 Å². The molecule has 0 saturated carbocycles. The molecule has 0 bridgehead atoms. The number of allylic oxidation sites excluding steroid dienone is 2. The maximum atomic E-state index is 12.0. The van der Waals surface area contributed by atoms with Crippen LogP contribution in [0.25, 0.3) is 0 Å². The summed E-state index contributed by atoms with van der Waals surface area (Å²) in [5, 5.41) is 9.13. The minimum atomic E-state index is -1.01. The first kappa shape index (κ1) is 15.9. The van der Waals surface area contributed by atoms with Gasteiger partial charge < -0.3 is 14.6 Å². The summed E-state index contributed by atoms with van der Waals surface area (Å²) in [6, 6.07) is 0. The third-order valence-corrected chi connectivity index (χ3v) is 3.16. The monoisotopic (exact) mass is 282 g/mol. The molecule has 3 atom stereocenters. The van der Waals surface area contributed by atoms with Crippen molar-refractivity contribution in [2.75, 3.05) is 13.2 Å². The second-order valence-corrected chi connectivity index (χ2v) is 4.53. The molecule has 0 amide bonds. The highest BCUT2D eigenvalue weighted by Gasteiger charge is 2.39. The second-order valence-electron chi connectivity index (χ2n) is 4.53. The Labute approximate surface area is 117 Å². The van der Waals surface area contributed by atoms with Crippen molar-refractivity contribution in [3.8, 4) is 0 Å². The molecule has 1 N–H and O–H groups in total.